The highest BCUT2D eigenvalue weighted by atomic mass is 35.5. The van der Waals surface area contributed by atoms with Crippen molar-refractivity contribution in [1.29, 1.82) is 0 Å². The van der Waals surface area contributed by atoms with E-state index in [0.29, 0.717) is 11.6 Å². The number of rotatable bonds is 5. The Bertz CT molecular complexity index is 913. The summed E-state index contributed by atoms with van der Waals surface area (Å²) < 4.78 is 5.31. The summed E-state index contributed by atoms with van der Waals surface area (Å²) in [5.41, 5.74) is 2.68. The van der Waals surface area contributed by atoms with Gasteiger partial charge in [0.15, 0.2) is 11.8 Å². The zero-order chi connectivity index (χ0) is 21.0. The summed E-state index contributed by atoms with van der Waals surface area (Å²) in [6, 6.07) is 5.69. The summed E-state index contributed by atoms with van der Waals surface area (Å²) >= 11 is 6.11. The molecule has 3 rings (SSSR count). The predicted molar refractivity (Wildman–Crippen MR) is 113 cm³/mol. The van der Waals surface area contributed by atoms with Gasteiger partial charge in [0.2, 0.25) is 5.95 Å². The first-order valence-corrected chi connectivity index (χ1v) is 10.1. The van der Waals surface area contributed by atoms with Gasteiger partial charge in [-0.05, 0) is 51.7 Å². The molecule has 2 aromatic rings. The van der Waals surface area contributed by atoms with E-state index in [0.717, 1.165) is 37.1 Å². The van der Waals surface area contributed by atoms with Gasteiger partial charge in [-0.3, -0.25) is 4.79 Å². The van der Waals surface area contributed by atoms with Gasteiger partial charge in [0.1, 0.15) is 0 Å². The van der Waals surface area contributed by atoms with Crippen LogP contribution in [-0.4, -0.2) is 41.0 Å². The van der Waals surface area contributed by atoms with Crippen molar-refractivity contribution in [3.05, 3.63) is 46.2 Å². The summed E-state index contributed by atoms with van der Waals surface area (Å²) in [4.78, 5) is 35.6. The topological polar surface area (TPSA) is 84.4 Å². The summed E-state index contributed by atoms with van der Waals surface area (Å²) in [5.74, 6) is -0.723. The van der Waals surface area contributed by atoms with Gasteiger partial charge in [0, 0.05) is 18.8 Å². The fourth-order valence-corrected chi connectivity index (χ4v) is 3.37. The second kappa shape index (κ2) is 9.22. The van der Waals surface area contributed by atoms with Gasteiger partial charge in [-0.2, -0.15) is 0 Å². The smallest absolute Gasteiger partial charge is 0.359 e. The number of piperidine rings is 1. The normalized spacial score (nSPS) is 15.0. The molecule has 0 aliphatic carbocycles. The number of hydrogen-bond acceptors (Lipinski definition) is 6. The minimum Gasteiger partial charge on any atom is -0.448 e. The number of aromatic nitrogens is 2. The second-order valence-electron chi connectivity index (χ2n) is 7.27. The van der Waals surface area contributed by atoms with Crippen LogP contribution in [0.5, 0.6) is 0 Å². The van der Waals surface area contributed by atoms with Gasteiger partial charge < -0.3 is 15.0 Å². The minimum atomic E-state index is -1.01. The molecular weight excluding hydrogens is 392 g/mol. The quantitative estimate of drug-likeness (QED) is 0.743. The number of ether oxygens (including phenoxy) is 1. The van der Waals surface area contributed by atoms with Crippen LogP contribution in [0.3, 0.4) is 0 Å². The van der Waals surface area contributed by atoms with E-state index in [1.807, 2.05) is 36.9 Å². The molecule has 1 amide bonds. The minimum absolute atomic E-state index is 0.0339. The lowest BCUT2D eigenvalue weighted by Gasteiger charge is -2.26. The number of hydrogen-bond donors (Lipinski definition) is 1. The summed E-state index contributed by atoms with van der Waals surface area (Å²) in [5, 5.41) is 2.88. The van der Waals surface area contributed by atoms with Crippen LogP contribution in [0.15, 0.2) is 24.4 Å². The Hall–Kier alpha value is -2.67. The Morgan fingerprint density at radius 3 is 2.62 bits per heavy atom. The molecule has 7 nitrogen and oxygen atoms in total. The molecule has 1 aromatic carbocycles. The lowest BCUT2D eigenvalue weighted by molar-refractivity contribution is -0.123. The zero-order valence-electron chi connectivity index (χ0n) is 16.9. The number of anilines is 2. The molecule has 1 atom stereocenters. The Balaban J connectivity index is 1.67. The van der Waals surface area contributed by atoms with Crippen molar-refractivity contribution in [3.63, 3.8) is 0 Å². The van der Waals surface area contributed by atoms with Crippen molar-refractivity contribution in [2.45, 2.75) is 46.1 Å². The molecule has 0 saturated carbocycles. The molecule has 1 aliphatic rings. The van der Waals surface area contributed by atoms with Gasteiger partial charge >= 0.3 is 5.97 Å². The van der Waals surface area contributed by atoms with E-state index < -0.39 is 18.0 Å². The number of nitrogens with zero attached hydrogens (tertiary/aromatic N) is 3. The van der Waals surface area contributed by atoms with Gasteiger partial charge in [-0.15, -0.1) is 0 Å². The largest absolute Gasteiger partial charge is 0.448 e. The number of nitrogens with one attached hydrogen (secondary N) is 1. The molecule has 1 unspecified atom stereocenters. The fourth-order valence-electron chi connectivity index (χ4n) is 3.21. The average Bonchev–Trinajstić information content (AvgIpc) is 2.71. The van der Waals surface area contributed by atoms with E-state index in [9.17, 15) is 9.59 Å². The van der Waals surface area contributed by atoms with Gasteiger partial charge in [0.25, 0.3) is 5.91 Å². The number of carbonyl (C=O) groups excluding carboxylic acids is 2. The first kappa shape index (κ1) is 21.0. The Morgan fingerprint density at radius 2 is 1.93 bits per heavy atom. The second-order valence-corrected chi connectivity index (χ2v) is 7.68. The zero-order valence-corrected chi connectivity index (χ0v) is 17.6. The molecule has 0 bridgehead atoms. The monoisotopic (exact) mass is 416 g/mol. The molecule has 8 heteroatoms. The van der Waals surface area contributed by atoms with Crippen LogP contribution in [0.2, 0.25) is 5.02 Å². The SMILES string of the molecule is Cc1ccc(NC(=O)C(C)OC(=O)c2nc(N3CCCCC3)ncc2Cl)c(C)c1. The molecule has 1 fully saturated rings. The molecule has 0 spiro atoms. The molecule has 2 heterocycles. The molecular formula is C21H25ClN4O3. The van der Waals surface area contributed by atoms with Crippen molar-refractivity contribution in [1.82, 2.24) is 9.97 Å². The van der Waals surface area contributed by atoms with Crippen LogP contribution in [0.25, 0.3) is 0 Å². The molecule has 1 N–H and O–H groups in total. The number of halogens is 1. The van der Waals surface area contributed by atoms with Crippen LogP contribution < -0.4 is 10.2 Å². The lowest BCUT2D eigenvalue weighted by atomic mass is 10.1. The average molecular weight is 417 g/mol. The lowest BCUT2D eigenvalue weighted by Crippen LogP contribution is -2.32. The molecule has 1 aliphatic heterocycles. The fraction of sp³-hybridized carbons (Fsp3) is 0.429. The number of esters is 1. The molecule has 154 valence electrons. The molecule has 29 heavy (non-hydrogen) atoms. The van der Waals surface area contributed by atoms with E-state index in [-0.39, 0.29) is 10.7 Å². The van der Waals surface area contributed by atoms with Crippen LogP contribution in [0.4, 0.5) is 11.6 Å². The van der Waals surface area contributed by atoms with Crippen LogP contribution in [0.1, 0.15) is 47.8 Å². The maximum absolute atomic E-state index is 12.6. The standard InChI is InChI=1S/C21H25ClN4O3/c1-13-7-8-17(14(2)11-13)24-19(27)15(3)29-20(28)18-16(22)12-23-21(25-18)26-9-5-4-6-10-26/h7-8,11-12,15H,4-6,9-10H2,1-3H3,(H,24,27). The molecule has 0 radical (unpaired) electrons. The first-order valence-electron chi connectivity index (χ1n) is 9.71. The van der Waals surface area contributed by atoms with Crippen LogP contribution in [0, 0.1) is 13.8 Å². The third kappa shape index (κ3) is 5.23. The van der Waals surface area contributed by atoms with Gasteiger partial charge in [0.05, 0.1) is 11.2 Å². The first-order chi connectivity index (χ1) is 13.8. The Morgan fingerprint density at radius 1 is 1.21 bits per heavy atom. The third-order valence-corrected chi connectivity index (χ3v) is 5.13. The molecule has 1 saturated heterocycles. The summed E-state index contributed by atoms with van der Waals surface area (Å²) in [6.45, 7) is 7.07. The van der Waals surface area contributed by atoms with Gasteiger partial charge in [-0.25, -0.2) is 14.8 Å². The summed E-state index contributed by atoms with van der Waals surface area (Å²) in [7, 11) is 0. The number of aryl methyl sites for hydroxylation is 2. The number of carbonyl (C=O) groups is 2. The predicted octanol–water partition coefficient (Wildman–Crippen LogP) is 3.92. The maximum Gasteiger partial charge on any atom is 0.359 e. The van der Waals surface area contributed by atoms with Crippen molar-refractivity contribution in [2.24, 2.45) is 0 Å². The van der Waals surface area contributed by atoms with Crippen molar-refractivity contribution >= 4 is 35.1 Å². The Labute approximate surface area is 175 Å². The highest BCUT2D eigenvalue weighted by molar-refractivity contribution is 6.33. The number of benzene rings is 1. The third-order valence-electron chi connectivity index (χ3n) is 4.86. The highest BCUT2D eigenvalue weighted by Gasteiger charge is 2.24. The highest BCUT2D eigenvalue weighted by Crippen LogP contribution is 2.21. The van der Waals surface area contributed by atoms with Crippen LogP contribution in [-0.2, 0) is 9.53 Å². The Kier molecular flexibility index (Phi) is 6.69. The van der Waals surface area contributed by atoms with E-state index >= 15 is 0 Å². The molecule has 1 aromatic heterocycles. The van der Waals surface area contributed by atoms with Crippen molar-refractivity contribution in [3.8, 4) is 0 Å². The van der Waals surface area contributed by atoms with Crippen molar-refractivity contribution < 1.29 is 14.3 Å². The van der Waals surface area contributed by atoms with Crippen molar-refractivity contribution in [2.75, 3.05) is 23.3 Å². The van der Waals surface area contributed by atoms with Crippen LogP contribution >= 0.6 is 11.6 Å². The van der Waals surface area contributed by atoms with Gasteiger partial charge in [-0.1, -0.05) is 29.3 Å². The van der Waals surface area contributed by atoms with E-state index in [1.165, 1.54) is 19.5 Å². The van der Waals surface area contributed by atoms with E-state index in [2.05, 4.69) is 15.3 Å². The summed E-state index contributed by atoms with van der Waals surface area (Å²) in [6.07, 6.45) is 3.68. The maximum atomic E-state index is 12.6. The van der Waals surface area contributed by atoms with E-state index in [1.54, 1.807) is 0 Å². The van der Waals surface area contributed by atoms with E-state index in [4.69, 9.17) is 16.3 Å². The number of amides is 1.